The van der Waals surface area contributed by atoms with Gasteiger partial charge < -0.3 is 9.80 Å². The molecule has 0 spiro atoms. The van der Waals surface area contributed by atoms with E-state index in [2.05, 4.69) is 15.2 Å². The van der Waals surface area contributed by atoms with Gasteiger partial charge in [-0.25, -0.2) is 4.98 Å². The van der Waals surface area contributed by atoms with Crippen molar-refractivity contribution in [2.45, 2.75) is 12.5 Å². The molecule has 0 radical (unpaired) electrons. The highest BCUT2D eigenvalue weighted by atomic mass is 35.5. The molecule has 2 amide bonds. The van der Waals surface area contributed by atoms with Crippen molar-refractivity contribution in [2.24, 2.45) is 0 Å². The number of amides is 2. The van der Waals surface area contributed by atoms with Gasteiger partial charge in [-0.05, 0) is 38.2 Å². The average Bonchev–Trinajstić information content (AvgIpc) is 3.22. The van der Waals surface area contributed by atoms with Crippen molar-refractivity contribution >= 4 is 39.9 Å². The summed E-state index contributed by atoms with van der Waals surface area (Å²) >= 11 is 7.13. The molecule has 2 heterocycles. The van der Waals surface area contributed by atoms with Crippen molar-refractivity contribution in [2.75, 3.05) is 32.5 Å². The predicted octanol–water partition coefficient (Wildman–Crippen LogP) is 2.82. The molecule has 1 atom stereocenters. The number of halogens is 1. The summed E-state index contributed by atoms with van der Waals surface area (Å²) in [7, 11) is 3.85. The van der Waals surface area contributed by atoms with Gasteiger partial charge in [0.15, 0.2) is 5.13 Å². The standard InChI is InChI=1S/C17H19ClN4O2S/c1-21-7-6-13(9-21)22(2)16(24)14-10-25-17(19-14)20-15(23)11-4-3-5-12(18)8-11/h3-5,8,10,13H,6-7,9H2,1-2H3,(H,19,20,23)/t13-/m0/s1. The van der Waals surface area contributed by atoms with Crippen LogP contribution in [0.5, 0.6) is 0 Å². The molecular formula is C17H19ClN4O2S. The maximum Gasteiger partial charge on any atom is 0.273 e. The van der Waals surface area contributed by atoms with Crippen molar-refractivity contribution in [3.63, 3.8) is 0 Å². The molecule has 6 nitrogen and oxygen atoms in total. The van der Waals surface area contributed by atoms with E-state index in [0.29, 0.717) is 21.4 Å². The highest BCUT2D eigenvalue weighted by Crippen LogP contribution is 2.21. The minimum absolute atomic E-state index is 0.125. The predicted molar refractivity (Wildman–Crippen MR) is 99.5 cm³/mol. The Hall–Kier alpha value is -1.96. The molecular weight excluding hydrogens is 360 g/mol. The number of rotatable bonds is 4. The molecule has 0 aliphatic carbocycles. The Kier molecular flexibility index (Phi) is 5.36. The normalized spacial score (nSPS) is 17.5. The molecule has 1 fully saturated rings. The lowest BCUT2D eigenvalue weighted by Crippen LogP contribution is -2.38. The molecule has 8 heteroatoms. The lowest BCUT2D eigenvalue weighted by molar-refractivity contribution is 0.0732. The molecule has 1 N–H and O–H groups in total. The highest BCUT2D eigenvalue weighted by molar-refractivity contribution is 7.14. The summed E-state index contributed by atoms with van der Waals surface area (Å²) in [4.78, 5) is 33.0. The number of thiazole rings is 1. The van der Waals surface area contributed by atoms with Crippen LogP contribution in [0.1, 0.15) is 27.3 Å². The van der Waals surface area contributed by atoms with Crippen LogP contribution in [-0.2, 0) is 0 Å². The van der Waals surface area contributed by atoms with Crippen LogP contribution in [-0.4, -0.2) is 59.8 Å². The van der Waals surface area contributed by atoms with Crippen molar-refractivity contribution in [3.8, 4) is 0 Å². The Morgan fingerprint density at radius 3 is 2.92 bits per heavy atom. The molecule has 1 saturated heterocycles. The lowest BCUT2D eigenvalue weighted by Gasteiger charge is -2.23. The van der Waals surface area contributed by atoms with Crippen molar-refractivity contribution < 1.29 is 9.59 Å². The zero-order chi connectivity index (χ0) is 18.0. The fourth-order valence-corrected chi connectivity index (χ4v) is 3.67. The maximum atomic E-state index is 12.6. The van der Waals surface area contributed by atoms with Gasteiger partial charge in [-0.2, -0.15) is 0 Å². The molecule has 1 aromatic heterocycles. The summed E-state index contributed by atoms with van der Waals surface area (Å²) in [5, 5.41) is 5.26. The second-order valence-corrected chi connectivity index (χ2v) is 7.42. The molecule has 1 aromatic carbocycles. The Labute approximate surface area is 155 Å². The average molecular weight is 379 g/mol. The molecule has 132 valence electrons. The van der Waals surface area contributed by atoms with E-state index in [-0.39, 0.29) is 17.9 Å². The number of nitrogens with zero attached hydrogens (tertiary/aromatic N) is 3. The first kappa shape index (κ1) is 17.8. The van der Waals surface area contributed by atoms with E-state index in [9.17, 15) is 9.59 Å². The number of aromatic nitrogens is 1. The third kappa shape index (κ3) is 4.18. The third-order valence-corrected chi connectivity index (χ3v) is 5.26. The van der Waals surface area contributed by atoms with Crippen LogP contribution in [0.3, 0.4) is 0 Å². The monoisotopic (exact) mass is 378 g/mol. The third-order valence-electron chi connectivity index (χ3n) is 4.27. The highest BCUT2D eigenvalue weighted by Gasteiger charge is 2.28. The van der Waals surface area contributed by atoms with Crippen LogP contribution in [0.4, 0.5) is 5.13 Å². The van der Waals surface area contributed by atoms with Gasteiger partial charge in [0.25, 0.3) is 11.8 Å². The van der Waals surface area contributed by atoms with Crippen LogP contribution >= 0.6 is 22.9 Å². The van der Waals surface area contributed by atoms with Gasteiger partial charge in [0.2, 0.25) is 0 Å². The Bertz CT molecular complexity index is 794. The first-order valence-electron chi connectivity index (χ1n) is 7.92. The van der Waals surface area contributed by atoms with Crippen molar-refractivity contribution in [1.82, 2.24) is 14.8 Å². The quantitative estimate of drug-likeness (QED) is 0.888. The molecule has 3 rings (SSSR count). The lowest BCUT2D eigenvalue weighted by atomic mass is 10.2. The van der Waals surface area contributed by atoms with E-state index < -0.39 is 0 Å². The SMILES string of the molecule is CN1CC[C@H](N(C)C(=O)c2csc(NC(=O)c3cccc(Cl)c3)n2)C1. The number of nitrogens with one attached hydrogen (secondary N) is 1. The zero-order valence-corrected chi connectivity index (χ0v) is 15.6. The molecule has 0 saturated carbocycles. The van der Waals surface area contributed by atoms with Gasteiger partial charge in [0.05, 0.1) is 0 Å². The summed E-state index contributed by atoms with van der Waals surface area (Å²) in [6.45, 7) is 1.85. The fourth-order valence-electron chi connectivity index (χ4n) is 2.80. The summed E-state index contributed by atoms with van der Waals surface area (Å²) in [6.07, 6.45) is 0.960. The van der Waals surface area contributed by atoms with Gasteiger partial charge in [0.1, 0.15) is 5.69 Å². The van der Waals surface area contributed by atoms with Crippen LogP contribution in [0.15, 0.2) is 29.6 Å². The second kappa shape index (κ2) is 7.51. The van der Waals surface area contributed by atoms with Crippen LogP contribution in [0.25, 0.3) is 0 Å². The van der Waals surface area contributed by atoms with Gasteiger partial charge in [-0.3, -0.25) is 14.9 Å². The van der Waals surface area contributed by atoms with E-state index in [1.807, 2.05) is 7.05 Å². The second-order valence-electron chi connectivity index (χ2n) is 6.12. The molecule has 1 aliphatic rings. The number of likely N-dealkylation sites (tertiary alicyclic amines) is 1. The Morgan fingerprint density at radius 1 is 1.44 bits per heavy atom. The fraction of sp³-hybridized carbons (Fsp3) is 0.353. The van der Waals surface area contributed by atoms with E-state index in [1.54, 1.807) is 41.6 Å². The first-order valence-corrected chi connectivity index (χ1v) is 9.18. The van der Waals surface area contributed by atoms with Crippen molar-refractivity contribution in [1.29, 1.82) is 0 Å². The van der Waals surface area contributed by atoms with E-state index in [0.717, 1.165) is 19.5 Å². The van der Waals surface area contributed by atoms with Crippen LogP contribution in [0.2, 0.25) is 5.02 Å². The van der Waals surface area contributed by atoms with Gasteiger partial charge in [-0.15, -0.1) is 11.3 Å². The van der Waals surface area contributed by atoms with Crippen molar-refractivity contribution in [3.05, 3.63) is 45.9 Å². The minimum atomic E-state index is -0.304. The molecule has 25 heavy (non-hydrogen) atoms. The maximum absolute atomic E-state index is 12.6. The van der Waals surface area contributed by atoms with E-state index in [4.69, 9.17) is 11.6 Å². The molecule has 0 bridgehead atoms. The number of hydrogen-bond donors (Lipinski definition) is 1. The largest absolute Gasteiger partial charge is 0.336 e. The smallest absolute Gasteiger partial charge is 0.273 e. The van der Waals surface area contributed by atoms with Gasteiger partial charge in [0, 0.05) is 35.6 Å². The van der Waals surface area contributed by atoms with Gasteiger partial charge >= 0.3 is 0 Å². The van der Waals surface area contributed by atoms with E-state index >= 15 is 0 Å². The first-order chi connectivity index (χ1) is 11.9. The zero-order valence-electron chi connectivity index (χ0n) is 14.0. The number of benzene rings is 1. The van der Waals surface area contributed by atoms with Gasteiger partial charge in [-0.1, -0.05) is 17.7 Å². The summed E-state index contributed by atoms with van der Waals surface area (Å²) in [6, 6.07) is 6.87. The summed E-state index contributed by atoms with van der Waals surface area (Å²) in [5.74, 6) is -0.429. The topological polar surface area (TPSA) is 65.5 Å². The number of carbonyl (C=O) groups is 2. The van der Waals surface area contributed by atoms with Crippen LogP contribution < -0.4 is 5.32 Å². The Balaban J connectivity index is 1.65. The van der Waals surface area contributed by atoms with Crippen LogP contribution in [0, 0.1) is 0 Å². The number of anilines is 1. The summed E-state index contributed by atoms with van der Waals surface area (Å²) in [5.41, 5.74) is 0.796. The van der Waals surface area contributed by atoms with E-state index in [1.165, 1.54) is 11.3 Å². The summed E-state index contributed by atoms with van der Waals surface area (Å²) < 4.78 is 0. The number of carbonyl (C=O) groups excluding carboxylic acids is 2. The Morgan fingerprint density at radius 2 is 2.24 bits per heavy atom. The molecule has 1 aliphatic heterocycles. The molecule has 2 aromatic rings. The number of hydrogen-bond acceptors (Lipinski definition) is 5. The molecule has 0 unspecified atom stereocenters. The number of likely N-dealkylation sites (N-methyl/N-ethyl adjacent to an activating group) is 2. The minimum Gasteiger partial charge on any atom is -0.336 e.